The lowest BCUT2D eigenvalue weighted by Gasteiger charge is -2.09. The minimum atomic E-state index is -0.141. The molecule has 0 atom stereocenters. The van der Waals surface area contributed by atoms with Crippen LogP contribution in [0.15, 0.2) is 53.4 Å². The van der Waals surface area contributed by atoms with E-state index in [0.717, 1.165) is 22.4 Å². The van der Waals surface area contributed by atoms with Gasteiger partial charge in [0.15, 0.2) is 0 Å². The number of methoxy groups -OCH3 is 1. The molecular formula is C17H13NO2S2. The number of hydrogen-bond donors (Lipinski definition) is 1. The van der Waals surface area contributed by atoms with Crippen molar-refractivity contribution in [3.05, 3.63) is 59.0 Å². The molecule has 1 saturated heterocycles. The number of ether oxygens (including phenoxy) is 1. The van der Waals surface area contributed by atoms with Crippen molar-refractivity contribution in [2.24, 2.45) is 0 Å². The van der Waals surface area contributed by atoms with E-state index in [-0.39, 0.29) is 5.91 Å². The summed E-state index contributed by atoms with van der Waals surface area (Å²) in [5.41, 5.74) is 3.01. The Kier molecular flexibility index (Phi) is 4.27. The Morgan fingerprint density at radius 1 is 1.18 bits per heavy atom. The molecule has 3 rings (SSSR count). The van der Waals surface area contributed by atoms with Crippen LogP contribution in [-0.4, -0.2) is 17.3 Å². The average Bonchev–Trinajstić information content (AvgIpc) is 2.85. The van der Waals surface area contributed by atoms with E-state index in [1.165, 1.54) is 11.8 Å². The Hall–Kier alpha value is -2.11. The summed E-state index contributed by atoms with van der Waals surface area (Å²) in [5, 5.41) is 2.62. The lowest BCUT2D eigenvalue weighted by atomic mass is 10.0. The first kappa shape index (κ1) is 14.8. The lowest BCUT2D eigenvalue weighted by molar-refractivity contribution is -0.115. The fourth-order valence-electron chi connectivity index (χ4n) is 2.25. The van der Waals surface area contributed by atoms with Gasteiger partial charge in [-0.3, -0.25) is 4.79 Å². The Bertz CT molecular complexity index is 784. The molecule has 1 aliphatic heterocycles. The molecule has 0 saturated carbocycles. The molecule has 3 nitrogen and oxygen atoms in total. The van der Waals surface area contributed by atoms with Crippen molar-refractivity contribution in [3.63, 3.8) is 0 Å². The zero-order chi connectivity index (χ0) is 15.5. The largest absolute Gasteiger partial charge is 0.496 e. The number of carbonyl (C=O) groups is 1. The molecular weight excluding hydrogens is 314 g/mol. The van der Waals surface area contributed by atoms with Crippen molar-refractivity contribution in [1.82, 2.24) is 5.32 Å². The van der Waals surface area contributed by atoms with Gasteiger partial charge in [-0.2, -0.15) is 0 Å². The summed E-state index contributed by atoms with van der Waals surface area (Å²) in [7, 11) is 1.66. The van der Waals surface area contributed by atoms with Gasteiger partial charge in [-0.25, -0.2) is 0 Å². The van der Waals surface area contributed by atoms with E-state index in [1.807, 2.05) is 54.6 Å². The summed E-state index contributed by atoms with van der Waals surface area (Å²) >= 11 is 6.28. The number of thiocarbonyl (C=S) groups is 1. The van der Waals surface area contributed by atoms with Crippen LogP contribution in [0.25, 0.3) is 17.2 Å². The summed E-state index contributed by atoms with van der Waals surface area (Å²) in [5.74, 6) is 0.680. The number of para-hydroxylation sites is 1. The third kappa shape index (κ3) is 3.05. The number of nitrogens with one attached hydrogen (secondary N) is 1. The van der Waals surface area contributed by atoms with Crippen molar-refractivity contribution in [3.8, 4) is 16.9 Å². The van der Waals surface area contributed by atoms with E-state index in [4.69, 9.17) is 17.0 Å². The molecule has 0 unspecified atom stereocenters. The van der Waals surface area contributed by atoms with Crippen molar-refractivity contribution in [1.29, 1.82) is 0 Å². The summed E-state index contributed by atoms with van der Waals surface area (Å²) in [4.78, 5) is 12.3. The molecule has 2 aromatic rings. The van der Waals surface area contributed by atoms with E-state index in [2.05, 4.69) is 5.32 Å². The van der Waals surface area contributed by atoms with Crippen LogP contribution in [-0.2, 0) is 4.79 Å². The molecule has 5 heteroatoms. The maximum atomic E-state index is 11.7. The first-order chi connectivity index (χ1) is 10.7. The van der Waals surface area contributed by atoms with Gasteiger partial charge in [0.25, 0.3) is 5.91 Å². The number of hydrogen-bond acceptors (Lipinski definition) is 4. The Morgan fingerprint density at radius 2 is 2.00 bits per heavy atom. The van der Waals surface area contributed by atoms with Crippen LogP contribution in [0.3, 0.4) is 0 Å². The summed E-state index contributed by atoms with van der Waals surface area (Å²) < 4.78 is 5.90. The van der Waals surface area contributed by atoms with Crippen LogP contribution in [0.1, 0.15) is 5.56 Å². The van der Waals surface area contributed by atoms with Gasteiger partial charge in [0.1, 0.15) is 10.1 Å². The quantitative estimate of drug-likeness (QED) is 0.686. The second-order valence-corrected chi connectivity index (χ2v) is 6.40. The topological polar surface area (TPSA) is 38.3 Å². The molecule has 0 bridgehead atoms. The second-order valence-electron chi connectivity index (χ2n) is 4.68. The molecule has 1 fully saturated rings. The monoisotopic (exact) mass is 327 g/mol. The van der Waals surface area contributed by atoms with Crippen LogP contribution < -0.4 is 10.1 Å². The van der Waals surface area contributed by atoms with Gasteiger partial charge in [0.05, 0.1) is 12.0 Å². The third-order valence-electron chi connectivity index (χ3n) is 3.24. The minimum Gasteiger partial charge on any atom is -0.496 e. The van der Waals surface area contributed by atoms with Gasteiger partial charge in [0, 0.05) is 5.56 Å². The Morgan fingerprint density at radius 3 is 2.73 bits per heavy atom. The van der Waals surface area contributed by atoms with Crippen LogP contribution in [0, 0.1) is 0 Å². The summed E-state index contributed by atoms with van der Waals surface area (Å²) in [6.45, 7) is 0. The Labute approximate surface area is 138 Å². The van der Waals surface area contributed by atoms with Crippen molar-refractivity contribution in [2.45, 2.75) is 0 Å². The highest BCUT2D eigenvalue weighted by Gasteiger charge is 2.21. The molecule has 0 aliphatic carbocycles. The lowest BCUT2D eigenvalue weighted by Crippen LogP contribution is -2.17. The van der Waals surface area contributed by atoms with E-state index < -0.39 is 0 Å². The van der Waals surface area contributed by atoms with E-state index in [1.54, 1.807) is 7.11 Å². The van der Waals surface area contributed by atoms with Crippen molar-refractivity contribution in [2.75, 3.05) is 7.11 Å². The van der Waals surface area contributed by atoms with Gasteiger partial charge < -0.3 is 10.1 Å². The molecule has 1 heterocycles. The van der Waals surface area contributed by atoms with Crippen LogP contribution in [0.2, 0.25) is 0 Å². The molecule has 1 N–H and O–H groups in total. The number of amides is 1. The van der Waals surface area contributed by atoms with Crippen LogP contribution >= 0.6 is 24.0 Å². The highest BCUT2D eigenvalue weighted by molar-refractivity contribution is 8.26. The zero-order valence-corrected chi connectivity index (χ0v) is 13.5. The standard InChI is InChI=1S/C17H13NO2S2/c1-20-14-8-3-2-7-13(14)12-6-4-5-11(9-12)10-15-16(19)18-17(21)22-15/h2-10H,1H3,(H,18,19,21)/b15-10-. The predicted octanol–water partition coefficient (Wildman–Crippen LogP) is 3.85. The van der Waals surface area contributed by atoms with Gasteiger partial charge in [-0.15, -0.1) is 0 Å². The molecule has 22 heavy (non-hydrogen) atoms. The van der Waals surface area contributed by atoms with Crippen molar-refractivity contribution >= 4 is 40.3 Å². The molecule has 110 valence electrons. The first-order valence-electron chi connectivity index (χ1n) is 6.65. The van der Waals surface area contributed by atoms with Gasteiger partial charge in [-0.05, 0) is 29.3 Å². The Balaban J connectivity index is 1.98. The molecule has 0 spiro atoms. The molecule has 2 aromatic carbocycles. The van der Waals surface area contributed by atoms with Gasteiger partial charge in [-0.1, -0.05) is 60.4 Å². The maximum absolute atomic E-state index is 11.7. The van der Waals surface area contributed by atoms with Gasteiger partial charge in [0.2, 0.25) is 0 Å². The smallest absolute Gasteiger partial charge is 0.263 e. The first-order valence-corrected chi connectivity index (χ1v) is 7.88. The molecule has 1 amide bonds. The molecule has 1 aliphatic rings. The second kappa shape index (κ2) is 6.34. The number of rotatable bonds is 3. The normalized spacial score (nSPS) is 16.0. The minimum absolute atomic E-state index is 0.141. The van der Waals surface area contributed by atoms with Crippen molar-refractivity contribution < 1.29 is 9.53 Å². The highest BCUT2D eigenvalue weighted by atomic mass is 32.2. The highest BCUT2D eigenvalue weighted by Crippen LogP contribution is 2.31. The third-order valence-corrected chi connectivity index (χ3v) is 4.41. The predicted molar refractivity (Wildman–Crippen MR) is 94.7 cm³/mol. The van der Waals surface area contributed by atoms with E-state index in [0.29, 0.717) is 9.23 Å². The number of carbonyl (C=O) groups excluding carboxylic acids is 1. The van der Waals surface area contributed by atoms with Gasteiger partial charge >= 0.3 is 0 Å². The SMILES string of the molecule is COc1ccccc1-c1cccc(/C=C2\SC(=S)NC2=O)c1. The summed E-state index contributed by atoms with van der Waals surface area (Å²) in [6.07, 6.45) is 1.85. The molecule has 0 radical (unpaired) electrons. The average molecular weight is 327 g/mol. The van der Waals surface area contributed by atoms with Crippen LogP contribution in [0.5, 0.6) is 5.75 Å². The summed E-state index contributed by atoms with van der Waals surface area (Å²) in [6, 6.07) is 15.8. The fraction of sp³-hybridized carbons (Fsp3) is 0.0588. The maximum Gasteiger partial charge on any atom is 0.263 e. The number of thioether (sulfide) groups is 1. The zero-order valence-electron chi connectivity index (χ0n) is 11.8. The van der Waals surface area contributed by atoms with E-state index in [9.17, 15) is 4.79 Å². The van der Waals surface area contributed by atoms with E-state index >= 15 is 0 Å². The van der Waals surface area contributed by atoms with Crippen LogP contribution in [0.4, 0.5) is 0 Å². The number of benzene rings is 2. The fourth-order valence-corrected chi connectivity index (χ4v) is 3.30. The molecule has 0 aromatic heterocycles.